The van der Waals surface area contributed by atoms with Crippen LogP contribution in [0, 0.1) is 5.82 Å². The van der Waals surface area contributed by atoms with Gasteiger partial charge in [-0.25, -0.2) is 4.39 Å². The molecule has 0 amide bonds. The number of halogens is 1. The van der Waals surface area contributed by atoms with Crippen LogP contribution < -0.4 is 15.2 Å². The molecule has 2 N–H and O–H groups in total. The largest absolute Gasteiger partial charge is 0.486 e. The van der Waals surface area contributed by atoms with Gasteiger partial charge in [0.2, 0.25) is 0 Å². The third-order valence-electron chi connectivity index (χ3n) is 3.07. The Labute approximate surface area is 110 Å². The van der Waals surface area contributed by atoms with Crippen molar-refractivity contribution in [2.24, 2.45) is 5.73 Å². The van der Waals surface area contributed by atoms with Gasteiger partial charge in [-0.05, 0) is 47.0 Å². The van der Waals surface area contributed by atoms with Gasteiger partial charge in [-0.2, -0.15) is 0 Å². The van der Waals surface area contributed by atoms with E-state index in [1.807, 2.05) is 24.3 Å². The lowest BCUT2D eigenvalue weighted by Gasteiger charge is -2.19. The highest BCUT2D eigenvalue weighted by molar-refractivity contribution is 5.68. The normalized spacial score (nSPS) is 13.4. The Morgan fingerprint density at radius 3 is 2.53 bits per heavy atom. The fourth-order valence-electron chi connectivity index (χ4n) is 2.16. The Hall–Kier alpha value is -2.07. The quantitative estimate of drug-likeness (QED) is 0.901. The Kier molecular flexibility index (Phi) is 3.09. The molecule has 1 heterocycles. The van der Waals surface area contributed by atoms with E-state index in [0.29, 0.717) is 25.5 Å². The number of hydrogen-bond acceptors (Lipinski definition) is 3. The number of ether oxygens (including phenoxy) is 2. The first-order valence-corrected chi connectivity index (χ1v) is 6.16. The second-order valence-corrected chi connectivity index (χ2v) is 4.41. The van der Waals surface area contributed by atoms with Crippen LogP contribution in [-0.2, 0) is 6.54 Å². The summed E-state index contributed by atoms with van der Waals surface area (Å²) >= 11 is 0. The number of nitrogens with two attached hydrogens (primary N) is 1. The van der Waals surface area contributed by atoms with Crippen LogP contribution in [-0.4, -0.2) is 13.2 Å². The van der Waals surface area contributed by atoms with Gasteiger partial charge in [0, 0.05) is 6.54 Å². The minimum Gasteiger partial charge on any atom is -0.486 e. The van der Waals surface area contributed by atoms with Crippen LogP contribution in [0.25, 0.3) is 11.1 Å². The summed E-state index contributed by atoms with van der Waals surface area (Å²) in [5.74, 6) is 1.14. The molecule has 98 valence electrons. The van der Waals surface area contributed by atoms with E-state index in [2.05, 4.69) is 0 Å². The van der Waals surface area contributed by atoms with Crippen molar-refractivity contribution in [1.82, 2.24) is 0 Å². The van der Waals surface area contributed by atoms with E-state index in [1.165, 1.54) is 12.1 Å². The highest BCUT2D eigenvalue weighted by Gasteiger charge is 2.13. The molecule has 0 fully saturated rings. The summed E-state index contributed by atoms with van der Waals surface area (Å²) in [6.07, 6.45) is 0. The van der Waals surface area contributed by atoms with Gasteiger partial charge in [-0.3, -0.25) is 0 Å². The number of rotatable bonds is 2. The molecule has 0 atom stereocenters. The average Bonchev–Trinajstić information content (AvgIpc) is 2.46. The van der Waals surface area contributed by atoms with Crippen molar-refractivity contribution in [1.29, 1.82) is 0 Å². The molecule has 4 heteroatoms. The SMILES string of the molecule is NCc1cc(F)cc(-c2ccc3c(c2)OCCO3)c1. The molecule has 2 aromatic carbocycles. The van der Waals surface area contributed by atoms with Crippen molar-refractivity contribution < 1.29 is 13.9 Å². The van der Waals surface area contributed by atoms with Gasteiger partial charge in [0.15, 0.2) is 11.5 Å². The van der Waals surface area contributed by atoms with Crippen molar-refractivity contribution in [3.63, 3.8) is 0 Å². The molecule has 0 saturated heterocycles. The Morgan fingerprint density at radius 2 is 1.74 bits per heavy atom. The summed E-state index contributed by atoms with van der Waals surface area (Å²) < 4.78 is 24.5. The maximum Gasteiger partial charge on any atom is 0.161 e. The van der Waals surface area contributed by atoms with Crippen molar-refractivity contribution in [2.75, 3.05) is 13.2 Å². The highest BCUT2D eigenvalue weighted by Crippen LogP contribution is 2.34. The molecule has 0 bridgehead atoms. The van der Waals surface area contributed by atoms with E-state index in [9.17, 15) is 4.39 Å². The number of fused-ring (bicyclic) bond motifs is 1. The molecule has 2 aromatic rings. The molecule has 0 saturated carbocycles. The molecule has 0 aromatic heterocycles. The fourth-order valence-corrected chi connectivity index (χ4v) is 2.16. The zero-order valence-electron chi connectivity index (χ0n) is 10.4. The van der Waals surface area contributed by atoms with Gasteiger partial charge < -0.3 is 15.2 Å². The first kappa shape index (κ1) is 12.0. The highest BCUT2D eigenvalue weighted by atomic mass is 19.1. The summed E-state index contributed by atoms with van der Waals surface area (Å²) in [5.41, 5.74) is 8.01. The van der Waals surface area contributed by atoms with E-state index in [1.54, 1.807) is 0 Å². The number of benzene rings is 2. The van der Waals surface area contributed by atoms with Gasteiger partial charge >= 0.3 is 0 Å². The van der Waals surface area contributed by atoms with Crippen molar-refractivity contribution >= 4 is 0 Å². The van der Waals surface area contributed by atoms with E-state index in [4.69, 9.17) is 15.2 Å². The predicted molar refractivity (Wildman–Crippen MR) is 70.7 cm³/mol. The van der Waals surface area contributed by atoms with E-state index in [-0.39, 0.29) is 5.82 Å². The molecule has 3 rings (SSSR count). The van der Waals surface area contributed by atoms with Crippen LogP contribution in [0.15, 0.2) is 36.4 Å². The molecule has 3 nitrogen and oxygen atoms in total. The lowest BCUT2D eigenvalue weighted by molar-refractivity contribution is 0.171. The van der Waals surface area contributed by atoms with Gasteiger partial charge in [0.1, 0.15) is 19.0 Å². The minimum absolute atomic E-state index is 0.284. The van der Waals surface area contributed by atoms with Crippen molar-refractivity contribution in [2.45, 2.75) is 6.54 Å². The third-order valence-corrected chi connectivity index (χ3v) is 3.07. The third kappa shape index (κ3) is 2.39. The summed E-state index contributed by atoms with van der Waals surface area (Å²) in [5, 5.41) is 0. The molecule has 0 spiro atoms. The monoisotopic (exact) mass is 259 g/mol. The first-order valence-electron chi connectivity index (χ1n) is 6.16. The minimum atomic E-state index is -0.284. The van der Waals surface area contributed by atoms with E-state index < -0.39 is 0 Å². The topological polar surface area (TPSA) is 44.5 Å². The maximum absolute atomic E-state index is 13.5. The average molecular weight is 259 g/mol. The van der Waals surface area contributed by atoms with Crippen molar-refractivity contribution in [3.05, 3.63) is 47.8 Å². The molecule has 0 aliphatic carbocycles. The molecule has 1 aliphatic heterocycles. The molecule has 0 radical (unpaired) electrons. The van der Waals surface area contributed by atoms with Crippen molar-refractivity contribution in [3.8, 4) is 22.6 Å². The summed E-state index contributed by atoms with van der Waals surface area (Å²) in [6, 6.07) is 10.4. The molecular weight excluding hydrogens is 245 g/mol. The Balaban J connectivity index is 2.04. The Bertz CT molecular complexity index is 613. The lowest BCUT2D eigenvalue weighted by Crippen LogP contribution is -2.15. The molecule has 1 aliphatic rings. The van der Waals surface area contributed by atoms with Gasteiger partial charge in [0.05, 0.1) is 0 Å². The van der Waals surface area contributed by atoms with Gasteiger partial charge in [-0.1, -0.05) is 6.07 Å². The first-order chi connectivity index (χ1) is 9.26. The van der Waals surface area contributed by atoms with Crippen LogP contribution in [0.3, 0.4) is 0 Å². The van der Waals surface area contributed by atoms with Crippen LogP contribution >= 0.6 is 0 Å². The number of hydrogen-bond donors (Lipinski definition) is 1. The van der Waals surface area contributed by atoms with E-state index in [0.717, 1.165) is 22.4 Å². The zero-order valence-corrected chi connectivity index (χ0v) is 10.4. The summed E-state index contributed by atoms with van der Waals surface area (Å²) in [7, 11) is 0. The zero-order chi connectivity index (χ0) is 13.2. The summed E-state index contributed by atoms with van der Waals surface area (Å²) in [4.78, 5) is 0. The Morgan fingerprint density at radius 1 is 0.947 bits per heavy atom. The van der Waals surface area contributed by atoms with Crippen LogP contribution in [0.5, 0.6) is 11.5 Å². The predicted octanol–water partition coefficient (Wildman–Crippen LogP) is 2.72. The lowest BCUT2D eigenvalue weighted by atomic mass is 10.0. The molecular formula is C15H14FNO2. The fraction of sp³-hybridized carbons (Fsp3) is 0.200. The van der Waals surface area contributed by atoms with Crippen LogP contribution in [0.4, 0.5) is 4.39 Å². The molecule has 0 unspecified atom stereocenters. The smallest absolute Gasteiger partial charge is 0.161 e. The maximum atomic E-state index is 13.5. The standard InChI is InChI=1S/C15H14FNO2/c16-13-6-10(9-17)5-12(7-13)11-1-2-14-15(8-11)19-4-3-18-14/h1-2,5-8H,3-4,9,17H2. The van der Waals surface area contributed by atoms with Gasteiger partial charge in [-0.15, -0.1) is 0 Å². The second-order valence-electron chi connectivity index (χ2n) is 4.41. The van der Waals surface area contributed by atoms with E-state index >= 15 is 0 Å². The van der Waals surface area contributed by atoms with Gasteiger partial charge in [0.25, 0.3) is 0 Å². The van der Waals surface area contributed by atoms with Crippen LogP contribution in [0.1, 0.15) is 5.56 Å². The summed E-state index contributed by atoms with van der Waals surface area (Å²) in [6.45, 7) is 1.41. The van der Waals surface area contributed by atoms with Crippen LogP contribution in [0.2, 0.25) is 0 Å². The molecule has 19 heavy (non-hydrogen) atoms. The second kappa shape index (κ2) is 4.90.